The van der Waals surface area contributed by atoms with Gasteiger partial charge in [-0.05, 0) is 44.5 Å². The van der Waals surface area contributed by atoms with Crippen molar-refractivity contribution in [3.8, 4) is 17.0 Å². The summed E-state index contributed by atoms with van der Waals surface area (Å²) in [6.45, 7) is 3.51. The summed E-state index contributed by atoms with van der Waals surface area (Å²) in [4.78, 5) is 27.8. The molecule has 34 heavy (non-hydrogen) atoms. The van der Waals surface area contributed by atoms with Crippen LogP contribution in [-0.2, 0) is 12.7 Å². The Balaban J connectivity index is 1.71. The number of ether oxygens (including phenoxy) is 1. The van der Waals surface area contributed by atoms with Crippen LogP contribution in [0.3, 0.4) is 0 Å². The third kappa shape index (κ3) is 5.31. The number of alkyl halides is 3. The van der Waals surface area contributed by atoms with Crippen molar-refractivity contribution in [2.75, 3.05) is 19.0 Å². The summed E-state index contributed by atoms with van der Waals surface area (Å²) in [7, 11) is 1.20. The van der Waals surface area contributed by atoms with E-state index in [0.717, 1.165) is 30.3 Å². The molecule has 1 atom stereocenters. The Morgan fingerprint density at radius 2 is 2.12 bits per heavy atom. The molecule has 180 valence electrons. The first-order valence-corrected chi connectivity index (χ1v) is 11.6. The van der Waals surface area contributed by atoms with Crippen LogP contribution in [0.5, 0.6) is 5.75 Å². The van der Waals surface area contributed by atoms with E-state index in [1.807, 2.05) is 0 Å². The minimum atomic E-state index is -4.59. The van der Waals surface area contributed by atoms with Crippen LogP contribution in [0.25, 0.3) is 11.3 Å². The number of methoxy groups -OCH3 is 1. The molecule has 0 saturated carbocycles. The third-order valence-electron chi connectivity index (χ3n) is 5.59. The molecule has 2 aromatic heterocycles. The monoisotopic (exact) mass is 511 g/mol. The zero-order chi connectivity index (χ0) is 24.5. The standard InChI is InChI=1S/C22H21ClF3N5O2S/c1-12-4-3-7-31(12)11-17-19(13-5-6-16(33-2)14(8-13)22(24,25)26)29-21(34-17)30-20(32)15-9-28-18(23)10-27-15/h5-6,8-10,12H,3-4,7,11H2,1-2H3,(H,29,30,32). The highest BCUT2D eigenvalue weighted by atomic mass is 35.5. The van der Waals surface area contributed by atoms with Crippen molar-refractivity contribution in [3.05, 3.63) is 51.9 Å². The van der Waals surface area contributed by atoms with Crippen LogP contribution in [0.15, 0.2) is 30.6 Å². The Morgan fingerprint density at radius 3 is 2.74 bits per heavy atom. The van der Waals surface area contributed by atoms with Gasteiger partial charge in [0, 0.05) is 23.0 Å². The van der Waals surface area contributed by atoms with Gasteiger partial charge in [-0.25, -0.2) is 15.0 Å². The zero-order valence-corrected chi connectivity index (χ0v) is 19.9. The van der Waals surface area contributed by atoms with E-state index < -0.39 is 17.6 Å². The number of hydrogen-bond acceptors (Lipinski definition) is 7. The van der Waals surface area contributed by atoms with Gasteiger partial charge in [0.1, 0.15) is 16.6 Å². The number of carbonyl (C=O) groups is 1. The molecule has 0 aliphatic carbocycles. The largest absolute Gasteiger partial charge is 0.496 e. The average Bonchev–Trinajstić information content (AvgIpc) is 3.39. The maximum absolute atomic E-state index is 13.6. The lowest BCUT2D eigenvalue weighted by Crippen LogP contribution is -2.25. The normalized spacial score (nSPS) is 16.6. The SMILES string of the molecule is COc1ccc(-c2nc(NC(=O)c3cnc(Cl)cn3)sc2CN2CCCC2C)cc1C(F)(F)F. The van der Waals surface area contributed by atoms with E-state index in [9.17, 15) is 18.0 Å². The van der Waals surface area contributed by atoms with Gasteiger partial charge in [-0.3, -0.25) is 15.0 Å². The Bertz CT molecular complexity index is 1190. The first-order valence-electron chi connectivity index (χ1n) is 10.4. The Morgan fingerprint density at radius 1 is 1.32 bits per heavy atom. The predicted molar refractivity (Wildman–Crippen MR) is 123 cm³/mol. The number of amides is 1. The molecule has 7 nitrogen and oxygen atoms in total. The minimum Gasteiger partial charge on any atom is -0.496 e. The lowest BCUT2D eigenvalue weighted by molar-refractivity contribution is -0.138. The van der Waals surface area contributed by atoms with E-state index in [0.29, 0.717) is 18.3 Å². The number of rotatable bonds is 6. The summed E-state index contributed by atoms with van der Waals surface area (Å²) >= 11 is 6.94. The summed E-state index contributed by atoms with van der Waals surface area (Å²) in [5.74, 6) is -0.813. The Hall–Kier alpha value is -2.76. The van der Waals surface area contributed by atoms with Gasteiger partial charge in [0.15, 0.2) is 5.13 Å². The predicted octanol–water partition coefficient (Wildman–Crippen LogP) is 5.52. The van der Waals surface area contributed by atoms with Crippen molar-refractivity contribution in [2.24, 2.45) is 0 Å². The molecule has 3 heterocycles. The summed E-state index contributed by atoms with van der Waals surface area (Å²) < 4.78 is 45.8. The molecule has 1 N–H and O–H groups in total. The van der Waals surface area contributed by atoms with Gasteiger partial charge in [0.2, 0.25) is 0 Å². The van der Waals surface area contributed by atoms with E-state index >= 15 is 0 Å². The molecule has 0 radical (unpaired) electrons. The van der Waals surface area contributed by atoms with Crippen LogP contribution in [0.4, 0.5) is 18.3 Å². The van der Waals surface area contributed by atoms with Crippen LogP contribution in [0.2, 0.25) is 5.15 Å². The average molecular weight is 512 g/mol. The van der Waals surface area contributed by atoms with Gasteiger partial charge in [0.25, 0.3) is 5.91 Å². The molecule has 1 aliphatic rings. The van der Waals surface area contributed by atoms with E-state index in [4.69, 9.17) is 16.3 Å². The number of aromatic nitrogens is 3. The summed E-state index contributed by atoms with van der Waals surface area (Å²) in [6.07, 6.45) is -0.00797. The summed E-state index contributed by atoms with van der Waals surface area (Å²) in [6, 6.07) is 4.19. The van der Waals surface area contributed by atoms with Crippen LogP contribution >= 0.6 is 22.9 Å². The summed E-state index contributed by atoms with van der Waals surface area (Å²) in [5, 5.41) is 3.07. The number of carbonyl (C=O) groups excluding carboxylic acids is 1. The minimum absolute atomic E-state index is 0.0414. The number of hydrogen-bond donors (Lipinski definition) is 1. The molecule has 4 rings (SSSR count). The van der Waals surface area contributed by atoms with E-state index in [1.165, 1.54) is 43.0 Å². The lowest BCUT2D eigenvalue weighted by Gasteiger charge is -2.20. The highest BCUT2D eigenvalue weighted by Gasteiger charge is 2.35. The molecule has 1 unspecified atom stereocenters. The quantitative estimate of drug-likeness (QED) is 0.469. The van der Waals surface area contributed by atoms with Gasteiger partial charge >= 0.3 is 6.18 Å². The Kier molecular flexibility index (Phi) is 7.06. The highest BCUT2D eigenvalue weighted by Crippen LogP contribution is 2.41. The fourth-order valence-corrected chi connectivity index (χ4v) is 4.92. The van der Waals surface area contributed by atoms with Crippen molar-refractivity contribution in [1.29, 1.82) is 0 Å². The fourth-order valence-electron chi connectivity index (χ4n) is 3.82. The van der Waals surface area contributed by atoms with Crippen LogP contribution < -0.4 is 10.1 Å². The molecule has 1 amide bonds. The molecular formula is C22H21ClF3N5O2S. The van der Waals surface area contributed by atoms with Gasteiger partial charge in [0.05, 0.1) is 30.8 Å². The maximum Gasteiger partial charge on any atom is 0.419 e. The maximum atomic E-state index is 13.6. The number of likely N-dealkylation sites (tertiary alicyclic amines) is 1. The molecular weight excluding hydrogens is 491 g/mol. The zero-order valence-electron chi connectivity index (χ0n) is 18.3. The van der Waals surface area contributed by atoms with Gasteiger partial charge in [-0.1, -0.05) is 22.9 Å². The second-order valence-corrected chi connectivity index (χ2v) is 9.31. The van der Waals surface area contributed by atoms with Crippen molar-refractivity contribution >= 4 is 34.0 Å². The first kappa shape index (κ1) is 24.4. The van der Waals surface area contributed by atoms with E-state index in [2.05, 4.69) is 32.1 Å². The van der Waals surface area contributed by atoms with Crippen molar-refractivity contribution < 1.29 is 22.7 Å². The van der Waals surface area contributed by atoms with Crippen LogP contribution in [0, 0.1) is 0 Å². The van der Waals surface area contributed by atoms with Crippen molar-refractivity contribution in [3.63, 3.8) is 0 Å². The Labute approximate surface area is 203 Å². The highest BCUT2D eigenvalue weighted by molar-refractivity contribution is 7.16. The third-order valence-corrected chi connectivity index (χ3v) is 6.74. The van der Waals surface area contributed by atoms with Gasteiger partial charge in [-0.15, -0.1) is 0 Å². The smallest absolute Gasteiger partial charge is 0.419 e. The second-order valence-electron chi connectivity index (χ2n) is 7.84. The number of benzene rings is 1. The fraction of sp³-hybridized carbons (Fsp3) is 0.364. The number of anilines is 1. The number of halogens is 4. The number of thiazole rings is 1. The molecule has 12 heteroatoms. The molecule has 1 fully saturated rings. The van der Waals surface area contributed by atoms with E-state index in [-0.39, 0.29) is 27.3 Å². The number of nitrogens with zero attached hydrogens (tertiary/aromatic N) is 4. The van der Waals surface area contributed by atoms with Crippen LogP contribution in [-0.4, -0.2) is 45.5 Å². The lowest BCUT2D eigenvalue weighted by atomic mass is 10.1. The van der Waals surface area contributed by atoms with Crippen molar-refractivity contribution in [1.82, 2.24) is 19.9 Å². The van der Waals surface area contributed by atoms with E-state index in [1.54, 1.807) is 0 Å². The number of nitrogens with one attached hydrogen (secondary N) is 1. The second kappa shape index (κ2) is 9.85. The summed E-state index contributed by atoms with van der Waals surface area (Å²) in [5.41, 5.74) is -0.171. The van der Waals surface area contributed by atoms with Crippen molar-refractivity contribution in [2.45, 2.75) is 38.5 Å². The molecule has 1 aromatic carbocycles. The molecule has 1 aliphatic heterocycles. The molecule has 0 bridgehead atoms. The van der Waals surface area contributed by atoms with Gasteiger partial charge in [-0.2, -0.15) is 13.2 Å². The van der Waals surface area contributed by atoms with Crippen LogP contribution in [0.1, 0.15) is 40.7 Å². The molecule has 1 saturated heterocycles. The molecule has 3 aromatic rings. The first-order chi connectivity index (χ1) is 16.2. The van der Waals surface area contributed by atoms with Gasteiger partial charge < -0.3 is 4.74 Å². The topological polar surface area (TPSA) is 80.2 Å². The molecule has 0 spiro atoms.